The summed E-state index contributed by atoms with van der Waals surface area (Å²) < 4.78 is 1.22. The molecule has 0 unspecified atom stereocenters. The molecular weight excluding hydrogens is 350 g/mol. The summed E-state index contributed by atoms with van der Waals surface area (Å²) in [6.45, 7) is 1.69. The Kier molecular flexibility index (Phi) is 4.66. The number of thioether (sulfide) groups is 1. The second-order valence-electron chi connectivity index (χ2n) is 6.11. The number of aromatic nitrogens is 3. The first-order valence-corrected chi connectivity index (χ1v) is 9.62. The van der Waals surface area contributed by atoms with E-state index in [4.69, 9.17) is 0 Å². The third-order valence-corrected chi connectivity index (χ3v) is 5.26. The molecule has 8 heteroatoms. The van der Waals surface area contributed by atoms with E-state index in [0.29, 0.717) is 5.69 Å². The number of fused-ring (bicyclic) bond motifs is 1. The van der Waals surface area contributed by atoms with E-state index in [1.165, 1.54) is 10.7 Å². The SMILES string of the molecule is O=C(Cn1nc(N2CCSCC2)ccc1=O)Nc1ccc2[nH]ccc2c1. The molecule has 26 heavy (non-hydrogen) atoms. The molecule has 134 valence electrons. The van der Waals surface area contributed by atoms with E-state index >= 15 is 0 Å². The maximum Gasteiger partial charge on any atom is 0.267 e. The van der Waals surface area contributed by atoms with Crippen LogP contribution < -0.4 is 15.8 Å². The Labute approximate surface area is 154 Å². The van der Waals surface area contributed by atoms with Crippen molar-refractivity contribution in [2.45, 2.75) is 6.54 Å². The first-order chi connectivity index (χ1) is 12.7. The topological polar surface area (TPSA) is 83.0 Å². The summed E-state index contributed by atoms with van der Waals surface area (Å²) in [6, 6.07) is 10.8. The van der Waals surface area contributed by atoms with Crippen molar-refractivity contribution in [1.82, 2.24) is 14.8 Å². The highest BCUT2D eigenvalue weighted by Crippen LogP contribution is 2.18. The molecule has 3 heterocycles. The predicted octanol–water partition coefficient (Wildman–Crippen LogP) is 1.92. The average molecular weight is 369 g/mol. The number of anilines is 2. The zero-order chi connectivity index (χ0) is 17.9. The Morgan fingerprint density at radius 3 is 2.88 bits per heavy atom. The van der Waals surface area contributed by atoms with E-state index in [1.807, 2.05) is 42.2 Å². The zero-order valence-electron chi connectivity index (χ0n) is 14.1. The van der Waals surface area contributed by atoms with Gasteiger partial charge in [0.2, 0.25) is 5.91 Å². The number of rotatable bonds is 4. The highest BCUT2D eigenvalue weighted by Gasteiger charge is 2.14. The van der Waals surface area contributed by atoms with Gasteiger partial charge in [-0.05, 0) is 30.3 Å². The summed E-state index contributed by atoms with van der Waals surface area (Å²) in [6.07, 6.45) is 1.85. The molecule has 4 rings (SSSR count). The molecule has 0 spiro atoms. The van der Waals surface area contributed by atoms with Crippen molar-refractivity contribution in [2.24, 2.45) is 0 Å². The van der Waals surface area contributed by atoms with Crippen molar-refractivity contribution in [3.63, 3.8) is 0 Å². The fraction of sp³-hybridized carbons (Fsp3) is 0.278. The molecule has 7 nitrogen and oxygen atoms in total. The van der Waals surface area contributed by atoms with Crippen LogP contribution in [0.4, 0.5) is 11.5 Å². The van der Waals surface area contributed by atoms with Gasteiger partial charge in [0.05, 0.1) is 0 Å². The number of nitrogens with one attached hydrogen (secondary N) is 2. The van der Waals surface area contributed by atoms with Crippen LogP contribution in [-0.4, -0.2) is 45.3 Å². The minimum Gasteiger partial charge on any atom is -0.361 e. The number of amides is 1. The largest absolute Gasteiger partial charge is 0.361 e. The van der Waals surface area contributed by atoms with Gasteiger partial charge in [-0.15, -0.1) is 0 Å². The van der Waals surface area contributed by atoms with Gasteiger partial charge in [-0.3, -0.25) is 9.59 Å². The number of H-pyrrole nitrogens is 1. The first kappa shape index (κ1) is 16.7. The number of nitrogens with zero attached hydrogens (tertiary/aromatic N) is 3. The molecule has 2 N–H and O–H groups in total. The van der Waals surface area contributed by atoms with E-state index in [0.717, 1.165) is 41.3 Å². The summed E-state index contributed by atoms with van der Waals surface area (Å²) in [5.41, 5.74) is 1.42. The minimum absolute atomic E-state index is 0.111. The molecule has 1 fully saturated rings. The van der Waals surface area contributed by atoms with Crippen molar-refractivity contribution in [1.29, 1.82) is 0 Å². The third-order valence-electron chi connectivity index (χ3n) is 4.32. The van der Waals surface area contributed by atoms with E-state index in [-0.39, 0.29) is 18.0 Å². The Balaban J connectivity index is 1.48. The van der Waals surface area contributed by atoms with Crippen molar-refractivity contribution in [3.05, 3.63) is 52.9 Å². The molecule has 1 aliphatic rings. The minimum atomic E-state index is -0.281. The molecule has 1 saturated heterocycles. The maximum atomic E-state index is 12.4. The number of hydrogen-bond acceptors (Lipinski definition) is 5. The van der Waals surface area contributed by atoms with Gasteiger partial charge >= 0.3 is 0 Å². The Bertz CT molecular complexity index is 990. The smallest absolute Gasteiger partial charge is 0.267 e. The van der Waals surface area contributed by atoms with Gasteiger partial charge in [-0.2, -0.15) is 16.9 Å². The van der Waals surface area contributed by atoms with Crippen molar-refractivity contribution in [2.75, 3.05) is 34.8 Å². The van der Waals surface area contributed by atoms with E-state index in [2.05, 4.69) is 20.3 Å². The summed E-state index contributed by atoms with van der Waals surface area (Å²) >= 11 is 1.91. The second kappa shape index (κ2) is 7.25. The van der Waals surface area contributed by atoms with Crippen molar-refractivity contribution >= 4 is 40.1 Å². The lowest BCUT2D eigenvalue weighted by Gasteiger charge is -2.27. The fourth-order valence-electron chi connectivity index (χ4n) is 2.98. The van der Waals surface area contributed by atoms with Crippen molar-refractivity contribution in [3.8, 4) is 0 Å². The Morgan fingerprint density at radius 1 is 1.19 bits per heavy atom. The van der Waals surface area contributed by atoms with Crippen LogP contribution in [0.15, 0.2) is 47.4 Å². The van der Waals surface area contributed by atoms with E-state index in [1.54, 1.807) is 6.07 Å². The van der Waals surface area contributed by atoms with Gasteiger partial charge in [0.25, 0.3) is 5.56 Å². The molecule has 2 aromatic heterocycles. The molecule has 0 saturated carbocycles. The average Bonchev–Trinajstić information content (AvgIpc) is 3.12. The molecule has 1 aliphatic heterocycles. The summed E-state index contributed by atoms with van der Waals surface area (Å²) in [5.74, 6) is 2.55. The van der Waals surface area contributed by atoms with Gasteiger partial charge in [0.15, 0.2) is 0 Å². The van der Waals surface area contributed by atoms with Gasteiger partial charge in [-0.1, -0.05) is 0 Å². The summed E-state index contributed by atoms with van der Waals surface area (Å²) in [4.78, 5) is 29.7. The highest BCUT2D eigenvalue weighted by molar-refractivity contribution is 7.99. The lowest BCUT2D eigenvalue weighted by molar-refractivity contribution is -0.117. The Hall–Kier alpha value is -2.74. The summed E-state index contributed by atoms with van der Waals surface area (Å²) in [5, 5.41) is 8.22. The number of carbonyl (C=O) groups excluding carboxylic acids is 1. The number of hydrogen-bond donors (Lipinski definition) is 2. The fourth-order valence-corrected chi connectivity index (χ4v) is 3.88. The predicted molar refractivity (Wildman–Crippen MR) is 105 cm³/mol. The van der Waals surface area contributed by atoms with Gasteiger partial charge in [0, 0.05) is 53.4 Å². The van der Waals surface area contributed by atoms with Crippen LogP contribution in [0.1, 0.15) is 0 Å². The van der Waals surface area contributed by atoms with Gasteiger partial charge < -0.3 is 15.2 Å². The molecule has 0 aliphatic carbocycles. The number of aromatic amines is 1. The van der Waals surface area contributed by atoms with Crippen LogP contribution in [0.3, 0.4) is 0 Å². The van der Waals surface area contributed by atoms with Crippen molar-refractivity contribution < 1.29 is 4.79 Å². The molecule has 0 bridgehead atoms. The van der Waals surface area contributed by atoms with Crippen LogP contribution in [0.25, 0.3) is 10.9 Å². The van der Waals surface area contributed by atoms with Gasteiger partial charge in [0.1, 0.15) is 12.4 Å². The number of benzene rings is 1. The third kappa shape index (κ3) is 3.60. The lowest BCUT2D eigenvalue weighted by atomic mass is 10.2. The van der Waals surface area contributed by atoms with Crippen LogP contribution in [0.5, 0.6) is 0 Å². The molecule has 3 aromatic rings. The number of carbonyl (C=O) groups is 1. The molecule has 0 radical (unpaired) electrons. The zero-order valence-corrected chi connectivity index (χ0v) is 15.0. The molecule has 1 amide bonds. The van der Waals surface area contributed by atoms with Crippen LogP contribution in [0, 0.1) is 0 Å². The van der Waals surface area contributed by atoms with Gasteiger partial charge in [-0.25, -0.2) is 4.68 Å². The Morgan fingerprint density at radius 2 is 2.04 bits per heavy atom. The van der Waals surface area contributed by atoms with Crippen LogP contribution in [-0.2, 0) is 11.3 Å². The standard InChI is InChI=1S/C18H19N5O2S/c24-17(20-14-1-2-15-13(11-14)5-6-19-15)12-23-18(25)4-3-16(21-23)22-7-9-26-10-8-22/h1-6,11,19H,7-10,12H2,(H,20,24). The normalized spacial score (nSPS) is 14.5. The highest BCUT2D eigenvalue weighted by atomic mass is 32.2. The lowest BCUT2D eigenvalue weighted by Crippen LogP contribution is -2.36. The summed E-state index contributed by atoms with van der Waals surface area (Å²) in [7, 11) is 0. The molecular formula is C18H19N5O2S. The van der Waals surface area contributed by atoms with Crippen LogP contribution in [0.2, 0.25) is 0 Å². The monoisotopic (exact) mass is 369 g/mol. The molecule has 1 aromatic carbocycles. The molecule has 0 atom stereocenters. The van der Waals surface area contributed by atoms with E-state index in [9.17, 15) is 9.59 Å². The van der Waals surface area contributed by atoms with Crippen LogP contribution >= 0.6 is 11.8 Å². The quantitative estimate of drug-likeness (QED) is 0.734. The second-order valence-corrected chi connectivity index (χ2v) is 7.34. The van der Waals surface area contributed by atoms with E-state index < -0.39 is 0 Å². The first-order valence-electron chi connectivity index (χ1n) is 8.47. The maximum absolute atomic E-state index is 12.4.